The van der Waals surface area contributed by atoms with Crippen LogP contribution in [0.2, 0.25) is 20.2 Å². The average molecular weight is 1660 g/mol. The number of methoxy groups -OCH3 is 1. The van der Waals surface area contributed by atoms with E-state index < -0.39 is 34.2 Å². The van der Waals surface area contributed by atoms with Crippen molar-refractivity contribution in [1.29, 1.82) is 0 Å². The van der Waals surface area contributed by atoms with E-state index >= 15 is 0 Å². The number of piperazine rings is 3. The number of fused-ring (bicyclic) bond motifs is 2. The van der Waals surface area contributed by atoms with Gasteiger partial charge in [-0.25, -0.2) is 29.5 Å². The molecule has 28 nitrogen and oxygen atoms in total. The number of hydrogen-bond donors (Lipinski definition) is 5. The van der Waals surface area contributed by atoms with Gasteiger partial charge in [0.25, 0.3) is 0 Å². The van der Waals surface area contributed by atoms with Crippen LogP contribution in [0, 0.1) is 0 Å². The number of carbonyl (C=O) groups is 7. The molecular formula is C65H83Br3Cl4N18O10. The minimum absolute atomic E-state index is 0.0418. The lowest BCUT2D eigenvalue weighted by molar-refractivity contribution is -0.141. The fourth-order valence-electron chi connectivity index (χ4n) is 9.74. The van der Waals surface area contributed by atoms with E-state index in [1.165, 1.54) is 24.7 Å². The van der Waals surface area contributed by atoms with Gasteiger partial charge in [-0.05, 0) is 155 Å². The van der Waals surface area contributed by atoms with Crippen molar-refractivity contribution in [2.24, 2.45) is 0 Å². The third-order valence-electron chi connectivity index (χ3n) is 14.6. The molecule has 10 rings (SSSR count). The first-order valence-electron chi connectivity index (χ1n) is 31.4. The summed E-state index contributed by atoms with van der Waals surface area (Å²) < 4.78 is 16.5. The molecule has 0 aliphatic carbocycles. The predicted molar refractivity (Wildman–Crippen MR) is 395 cm³/mol. The van der Waals surface area contributed by atoms with Crippen LogP contribution >= 0.6 is 94.2 Å². The lowest BCUT2D eigenvalue weighted by Crippen LogP contribution is -2.54. The fraction of sp³-hybridized carbons (Fsp3) is 0.462. The van der Waals surface area contributed by atoms with Crippen LogP contribution in [-0.2, 0) is 38.2 Å². The number of halogens is 7. The number of carbonyl (C=O) groups excluding carboxylic acids is 7. The van der Waals surface area contributed by atoms with E-state index in [9.17, 15) is 33.6 Å². The van der Waals surface area contributed by atoms with Gasteiger partial charge in [0, 0.05) is 93.6 Å². The van der Waals surface area contributed by atoms with Crippen LogP contribution in [0.4, 0.5) is 15.4 Å². The number of H-pyrrole nitrogens is 2. The summed E-state index contributed by atoms with van der Waals surface area (Å²) in [7, 11) is 9.17. The number of likely N-dealkylation sites (N-methyl/N-ethyl adjacent to an activating group) is 2. The van der Waals surface area contributed by atoms with Gasteiger partial charge in [-0.1, -0.05) is 98.7 Å². The minimum atomic E-state index is -0.745. The zero-order chi connectivity index (χ0) is 73.6. The van der Waals surface area contributed by atoms with E-state index in [2.05, 4.69) is 114 Å². The zero-order valence-corrected chi connectivity index (χ0v) is 65.0. The molecule has 4 aromatic heterocycles. The fourth-order valence-corrected chi connectivity index (χ4v) is 11.8. The molecule has 0 saturated carbocycles. The molecule has 3 atom stereocenters. The van der Waals surface area contributed by atoms with Crippen molar-refractivity contribution in [2.75, 3.05) is 132 Å². The number of amides is 6. The summed E-state index contributed by atoms with van der Waals surface area (Å²) in [5, 5.41) is 25.9. The first kappa shape index (κ1) is 81.9. The van der Waals surface area contributed by atoms with Crippen molar-refractivity contribution in [3.63, 3.8) is 0 Å². The number of rotatable bonds is 15. The molecule has 7 aromatic rings. The minimum Gasteiger partial charge on any atom is -0.468 e. The normalized spacial score (nSPS) is 15.1. The van der Waals surface area contributed by atoms with E-state index in [-0.39, 0.29) is 48.8 Å². The Kier molecular flexibility index (Phi) is 31.8. The number of aromatic nitrogens is 8. The Balaban J connectivity index is 0.000000211. The summed E-state index contributed by atoms with van der Waals surface area (Å²) in [4.78, 5) is 114. The molecule has 3 aromatic carbocycles. The highest BCUT2D eigenvalue weighted by molar-refractivity contribution is 9.11. The van der Waals surface area contributed by atoms with Crippen molar-refractivity contribution in [1.82, 2.24) is 85.7 Å². The van der Waals surface area contributed by atoms with Crippen molar-refractivity contribution < 1.29 is 47.8 Å². The molecule has 0 bridgehead atoms. The topological polar surface area (TPSA) is 315 Å². The molecule has 5 N–H and O–H groups in total. The van der Waals surface area contributed by atoms with Gasteiger partial charge < -0.3 is 54.7 Å². The smallest absolute Gasteiger partial charge is 0.410 e. The van der Waals surface area contributed by atoms with Crippen molar-refractivity contribution in [3.8, 4) is 0 Å². The summed E-state index contributed by atoms with van der Waals surface area (Å²) in [6.07, 6.45) is 2.07. The monoisotopic (exact) mass is 1650 g/mol. The number of ether oxygens (including phenoxy) is 3. The molecule has 3 aliphatic heterocycles. The van der Waals surface area contributed by atoms with Crippen LogP contribution in [0.25, 0.3) is 22.1 Å². The van der Waals surface area contributed by atoms with Gasteiger partial charge in [-0.2, -0.15) is 10.2 Å². The standard InChI is InChI=1S/C21H24BrClN8O2.C21H33ClN4O3.C9H8BrClO2.C9H16N2O3.C5H2BrClN4/c1-29(2)8-7-24-21(33)17(13-3-5-14(23)6-4-13)31-10-9-30(11-15(31)32)20-16-18(22)27-28-19(16)25-12-26-20;1-21(2,3)29-20(28)26-14-12-25(13-15-26)18(16-6-8-17(22)9-7-16)19(27)23-10-11-24(4)5;1-13-9(12)8(10)6-2-4-7(11)5-3-6;1-9(2,3)14-8(13)11-5-4-10-7(12)6-11;6-3-2-4(7)8-1-9-5(2)11-10-3/h3-6,12,17H,7-11H2,1-2H3,(H,24,33)(H,25,26,27,28);6-9,18H,10-15H2,1-5H3,(H,23,27);2-5,8H,1H3;4-6H2,1-3H3,(H,10,12);1H,(H,8,9,10,11). The summed E-state index contributed by atoms with van der Waals surface area (Å²) in [6.45, 7) is 17.8. The molecule has 35 heteroatoms. The Hall–Kier alpha value is -7.07. The third-order valence-corrected chi connectivity index (χ3v) is 17.7. The molecule has 0 radical (unpaired) electrons. The van der Waals surface area contributed by atoms with Crippen LogP contribution in [0.5, 0.6) is 0 Å². The summed E-state index contributed by atoms with van der Waals surface area (Å²) in [5.74, 6) is -0.269. The molecule has 3 unspecified atom stereocenters. The van der Waals surface area contributed by atoms with E-state index in [1.54, 1.807) is 91.2 Å². The van der Waals surface area contributed by atoms with Crippen LogP contribution < -0.4 is 20.9 Å². The molecule has 6 amide bonds. The molecule has 3 fully saturated rings. The largest absolute Gasteiger partial charge is 0.468 e. The van der Waals surface area contributed by atoms with E-state index in [4.69, 9.17) is 55.9 Å². The maximum absolute atomic E-state index is 13.3. The van der Waals surface area contributed by atoms with Gasteiger partial charge in [0.1, 0.15) is 67.5 Å². The molecule has 100 heavy (non-hydrogen) atoms. The third kappa shape index (κ3) is 25.5. The quantitative estimate of drug-likeness (QED) is 0.0276. The second kappa shape index (κ2) is 38.8. The zero-order valence-electron chi connectivity index (χ0n) is 57.3. The van der Waals surface area contributed by atoms with E-state index in [0.717, 1.165) is 23.1 Å². The summed E-state index contributed by atoms with van der Waals surface area (Å²) in [5.41, 5.74) is 2.49. The van der Waals surface area contributed by atoms with Crippen LogP contribution in [0.15, 0.2) is 94.7 Å². The maximum Gasteiger partial charge on any atom is 0.410 e. The number of hydrogen-bond acceptors (Lipinski definition) is 20. The number of benzene rings is 3. The Bertz CT molecular complexity index is 3860. The lowest BCUT2D eigenvalue weighted by Gasteiger charge is -2.39. The van der Waals surface area contributed by atoms with Crippen LogP contribution in [-0.4, -0.2) is 250 Å². The Morgan fingerprint density at radius 1 is 0.590 bits per heavy atom. The molecule has 3 saturated heterocycles. The first-order chi connectivity index (χ1) is 47.2. The van der Waals surface area contributed by atoms with Crippen molar-refractivity contribution >= 4 is 164 Å². The number of nitrogens with zero attached hydrogens (tertiary/aromatic N) is 13. The van der Waals surface area contributed by atoms with E-state index in [1.807, 2.05) is 75.8 Å². The predicted octanol–water partition coefficient (Wildman–Crippen LogP) is 9.52. The molecule has 0 spiro atoms. The van der Waals surface area contributed by atoms with E-state index in [0.29, 0.717) is 129 Å². The van der Waals surface area contributed by atoms with Gasteiger partial charge >= 0.3 is 18.2 Å². The number of alkyl halides is 1. The van der Waals surface area contributed by atoms with Crippen molar-refractivity contribution in [2.45, 2.75) is 69.7 Å². The van der Waals surface area contributed by atoms with Gasteiger partial charge in [-0.15, -0.1) is 0 Å². The van der Waals surface area contributed by atoms with Gasteiger partial charge in [-0.3, -0.25) is 44.0 Å². The number of nitrogens with one attached hydrogen (secondary N) is 5. The SMILES string of the molecule is CC(C)(C)OC(=O)N1CCNC(=O)C1.CN(C)CCNC(=O)C(c1ccc(Cl)cc1)N1CCN(C(=O)OC(C)(C)C)CC1.CN(C)CCNC(=O)C(c1ccc(Cl)cc1)N1CCN(c2ncnc3n[nH]c(Br)c23)CC1=O.COC(=O)C(Br)c1ccc(Cl)cc1.Clc1ncnc2n[nH]c(Br)c12. The lowest BCUT2D eigenvalue weighted by atomic mass is 10.0. The number of aromatic amines is 2. The van der Waals surface area contributed by atoms with Crippen LogP contribution in [0.1, 0.15) is 75.1 Å². The highest BCUT2D eigenvalue weighted by Gasteiger charge is 2.37. The van der Waals surface area contributed by atoms with Gasteiger partial charge in [0.05, 0.1) is 24.4 Å². The second-order valence-corrected chi connectivity index (χ2v) is 29.3. The Labute approximate surface area is 625 Å². The summed E-state index contributed by atoms with van der Waals surface area (Å²) in [6, 6.07) is 20.3. The maximum atomic E-state index is 13.3. The highest BCUT2D eigenvalue weighted by Crippen LogP contribution is 2.33. The molecule has 542 valence electrons. The molecule has 3 aliphatic rings. The number of anilines is 1. The van der Waals surface area contributed by atoms with Crippen LogP contribution in [0.3, 0.4) is 0 Å². The average Bonchev–Trinajstić information content (AvgIpc) is 1.39. The van der Waals surface area contributed by atoms with Crippen molar-refractivity contribution in [3.05, 3.63) is 132 Å². The highest BCUT2D eigenvalue weighted by atomic mass is 79.9. The summed E-state index contributed by atoms with van der Waals surface area (Å²) >= 11 is 33.4. The first-order valence-corrected chi connectivity index (χ1v) is 35.4. The van der Waals surface area contributed by atoms with Gasteiger partial charge in [0.15, 0.2) is 11.3 Å². The number of esters is 1. The molecular weight excluding hydrogens is 1570 g/mol. The Morgan fingerprint density at radius 2 is 1.05 bits per heavy atom. The molecule has 7 heterocycles. The second-order valence-electron chi connectivity index (χ2n) is 25.1. The van der Waals surface area contributed by atoms with Gasteiger partial charge in [0.2, 0.25) is 23.6 Å². The Morgan fingerprint density at radius 3 is 1.52 bits per heavy atom.